The van der Waals surface area contributed by atoms with Gasteiger partial charge in [-0.3, -0.25) is 9.59 Å². The predicted octanol–water partition coefficient (Wildman–Crippen LogP) is 4.79. The Morgan fingerprint density at radius 3 is 2.88 bits per heavy atom. The second-order valence-corrected chi connectivity index (χ2v) is 8.57. The van der Waals surface area contributed by atoms with Crippen molar-refractivity contribution in [3.63, 3.8) is 0 Å². The third-order valence-corrected chi connectivity index (χ3v) is 6.25. The van der Waals surface area contributed by atoms with Crippen LogP contribution >= 0.6 is 11.3 Å². The maximum atomic E-state index is 13.0. The predicted molar refractivity (Wildman–Crippen MR) is 121 cm³/mol. The Labute approximate surface area is 193 Å². The molecule has 2 aromatic carbocycles. The Balaban J connectivity index is 1.44. The van der Waals surface area contributed by atoms with Gasteiger partial charge in [0.1, 0.15) is 11.5 Å². The van der Waals surface area contributed by atoms with E-state index in [0.717, 1.165) is 16.0 Å². The maximum absolute atomic E-state index is 13.0. The Morgan fingerprint density at radius 1 is 1.27 bits per heavy atom. The van der Waals surface area contributed by atoms with Crippen molar-refractivity contribution in [1.82, 2.24) is 9.88 Å². The standard InChI is InChI=1S/C23H23F2N3O4S/c1-2-31-15-9-10-17-19(12-15)33-23(26-17)27-20(29)14-6-5-11-28(13-14)21(30)16-7-3-4-8-18(16)32-22(24)25/h3-4,7-10,12,14,22H,2,5-6,11,13H2,1H3,(H,26,27,29). The van der Waals surface area contributed by atoms with Gasteiger partial charge in [-0.2, -0.15) is 8.78 Å². The van der Waals surface area contributed by atoms with Gasteiger partial charge >= 0.3 is 6.61 Å². The first-order valence-electron chi connectivity index (χ1n) is 10.6. The smallest absolute Gasteiger partial charge is 0.387 e. The second kappa shape index (κ2) is 10.1. The van der Waals surface area contributed by atoms with Gasteiger partial charge in [-0.15, -0.1) is 0 Å². The van der Waals surface area contributed by atoms with E-state index in [1.165, 1.54) is 34.4 Å². The molecule has 2 amide bonds. The molecule has 1 N–H and O–H groups in total. The highest BCUT2D eigenvalue weighted by molar-refractivity contribution is 7.22. The number of fused-ring (bicyclic) bond motifs is 1. The summed E-state index contributed by atoms with van der Waals surface area (Å²) in [5, 5.41) is 3.33. The number of para-hydroxylation sites is 1. The molecule has 1 aliphatic rings. The van der Waals surface area contributed by atoms with E-state index >= 15 is 0 Å². The van der Waals surface area contributed by atoms with Gasteiger partial charge in [0.25, 0.3) is 5.91 Å². The lowest BCUT2D eigenvalue weighted by atomic mass is 9.96. The fraction of sp³-hybridized carbons (Fsp3) is 0.348. The van der Waals surface area contributed by atoms with E-state index in [1.54, 1.807) is 6.07 Å². The third-order valence-electron chi connectivity index (χ3n) is 5.31. The molecule has 0 spiro atoms. The number of halogens is 2. The zero-order valence-electron chi connectivity index (χ0n) is 17.9. The summed E-state index contributed by atoms with van der Waals surface area (Å²) in [5.74, 6) is -0.535. The average Bonchev–Trinajstić information content (AvgIpc) is 3.20. The third kappa shape index (κ3) is 5.39. The molecule has 0 saturated carbocycles. The number of rotatable bonds is 7. The zero-order valence-corrected chi connectivity index (χ0v) is 18.7. The fourth-order valence-electron chi connectivity index (χ4n) is 3.81. The maximum Gasteiger partial charge on any atom is 0.387 e. The van der Waals surface area contributed by atoms with E-state index in [1.807, 2.05) is 25.1 Å². The number of nitrogens with zero attached hydrogens (tertiary/aromatic N) is 2. The lowest BCUT2D eigenvalue weighted by Gasteiger charge is -2.32. The summed E-state index contributed by atoms with van der Waals surface area (Å²) in [6.07, 6.45) is 1.24. The number of benzene rings is 2. The van der Waals surface area contributed by atoms with Crippen LogP contribution in [0.15, 0.2) is 42.5 Å². The summed E-state index contributed by atoms with van der Waals surface area (Å²) < 4.78 is 36.3. The van der Waals surface area contributed by atoms with Crippen LogP contribution in [0.25, 0.3) is 10.2 Å². The van der Waals surface area contributed by atoms with E-state index in [2.05, 4.69) is 15.0 Å². The number of carbonyl (C=O) groups is 2. The largest absolute Gasteiger partial charge is 0.494 e. The lowest BCUT2D eigenvalue weighted by Crippen LogP contribution is -2.43. The molecule has 3 aromatic rings. The van der Waals surface area contributed by atoms with E-state index in [9.17, 15) is 18.4 Å². The molecular weight excluding hydrogens is 452 g/mol. The quantitative estimate of drug-likeness (QED) is 0.532. The second-order valence-electron chi connectivity index (χ2n) is 7.54. The molecule has 0 aliphatic carbocycles. The first-order valence-corrected chi connectivity index (χ1v) is 11.4. The van der Waals surface area contributed by atoms with Crippen molar-refractivity contribution in [2.45, 2.75) is 26.4 Å². The molecule has 10 heteroatoms. The van der Waals surface area contributed by atoms with Crippen LogP contribution < -0.4 is 14.8 Å². The van der Waals surface area contributed by atoms with Gasteiger partial charge in [0, 0.05) is 13.1 Å². The van der Waals surface area contributed by atoms with Crippen LogP contribution in [0.3, 0.4) is 0 Å². The number of carbonyl (C=O) groups excluding carboxylic acids is 2. The van der Waals surface area contributed by atoms with Crippen molar-refractivity contribution >= 4 is 38.5 Å². The summed E-state index contributed by atoms with van der Waals surface area (Å²) in [4.78, 5) is 31.8. The highest BCUT2D eigenvalue weighted by atomic mass is 32.1. The number of nitrogens with one attached hydrogen (secondary N) is 1. The zero-order chi connectivity index (χ0) is 23.4. The minimum absolute atomic E-state index is 0.0510. The molecule has 0 radical (unpaired) electrons. The van der Waals surface area contributed by atoms with Crippen molar-refractivity contribution in [1.29, 1.82) is 0 Å². The SMILES string of the molecule is CCOc1ccc2nc(NC(=O)C3CCCN(C(=O)c4ccccc4OC(F)F)C3)sc2c1. The van der Waals surface area contributed by atoms with Crippen molar-refractivity contribution in [2.75, 3.05) is 25.0 Å². The number of amides is 2. The van der Waals surface area contributed by atoms with Crippen LogP contribution in [-0.4, -0.2) is 48.0 Å². The number of anilines is 1. The Morgan fingerprint density at radius 2 is 2.09 bits per heavy atom. The fourth-order valence-corrected chi connectivity index (χ4v) is 4.71. The molecule has 2 heterocycles. The molecule has 0 bridgehead atoms. The monoisotopic (exact) mass is 475 g/mol. The molecule has 33 heavy (non-hydrogen) atoms. The van der Waals surface area contributed by atoms with Crippen LogP contribution in [0.2, 0.25) is 0 Å². The Kier molecular flexibility index (Phi) is 7.02. The van der Waals surface area contributed by atoms with Gasteiger partial charge in [0.2, 0.25) is 5.91 Å². The number of ether oxygens (including phenoxy) is 2. The topological polar surface area (TPSA) is 80.8 Å². The van der Waals surface area contributed by atoms with Crippen molar-refractivity contribution < 1.29 is 27.8 Å². The summed E-state index contributed by atoms with van der Waals surface area (Å²) in [5.41, 5.74) is 0.810. The van der Waals surface area contributed by atoms with Crippen LogP contribution in [0, 0.1) is 5.92 Å². The highest BCUT2D eigenvalue weighted by Crippen LogP contribution is 2.30. The number of hydrogen-bond acceptors (Lipinski definition) is 6. The first-order chi connectivity index (χ1) is 15.9. The van der Waals surface area contributed by atoms with Gasteiger partial charge in [-0.25, -0.2) is 4.98 Å². The van der Waals surface area contributed by atoms with Crippen LogP contribution in [0.4, 0.5) is 13.9 Å². The van der Waals surface area contributed by atoms with Gasteiger partial charge < -0.3 is 19.7 Å². The summed E-state index contributed by atoms with van der Waals surface area (Å²) in [6.45, 7) is 0.0617. The Hall–Kier alpha value is -3.27. The number of piperidine rings is 1. The molecular formula is C23H23F2N3O4S. The van der Waals surface area contributed by atoms with Gasteiger partial charge in [-0.1, -0.05) is 23.5 Å². The van der Waals surface area contributed by atoms with Crippen molar-refractivity contribution in [3.8, 4) is 11.5 Å². The van der Waals surface area contributed by atoms with E-state index in [0.29, 0.717) is 31.1 Å². The Bertz CT molecular complexity index is 1150. The molecule has 1 fully saturated rings. The summed E-state index contributed by atoms with van der Waals surface area (Å²) in [7, 11) is 0. The minimum atomic E-state index is -3.03. The van der Waals surface area contributed by atoms with Gasteiger partial charge in [-0.05, 0) is 50.1 Å². The number of aromatic nitrogens is 1. The molecule has 174 valence electrons. The van der Waals surface area contributed by atoms with E-state index < -0.39 is 18.4 Å². The van der Waals surface area contributed by atoms with Gasteiger partial charge in [0.05, 0.1) is 28.3 Å². The minimum Gasteiger partial charge on any atom is -0.494 e. The van der Waals surface area contributed by atoms with Crippen LogP contribution in [-0.2, 0) is 4.79 Å². The van der Waals surface area contributed by atoms with E-state index in [4.69, 9.17) is 4.74 Å². The van der Waals surface area contributed by atoms with Crippen molar-refractivity contribution in [3.05, 3.63) is 48.0 Å². The van der Waals surface area contributed by atoms with Crippen molar-refractivity contribution in [2.24, 2.45) is 5.92 Å². The molecule has 1 atom stereocenters. The normalized spacial score (nSPS) is 16.1. The summed E-state index contributed by atoms with van der Waals surface area (Å²) >= 11 is 1.35. The lowest BCUT2D eigenvalue weighted by molar-refractivity contribution is -0.121. The molecule has 1 saturated heterocycles. The van der Waals surface area contributed by atoms with E-state index in [-0.39, 0.29) is 23.8 Å². The number of hydrogen-bond donors (Lipinski definition) is 1. The molecule has 1 aromatic heterocycles. The first kappa shape index (κ1) is 22.9. The van der Waals surface area contributed by atoms with Crippen LogP contribution in [0.5, 0.6) is 11.5 Å². The number of thiazole rings is 1. The number of likely N-dealkylation sites (tertiary alicyclic amines) is 1. The van der Waals surface area contributed by atoms with Gasteiger partial charge in [0.15, 0.2) is 5.13 Å². The van der Waals surface area contributed by atoms with Crippen LogP contribution in [0.1, 0.15) is 30.1 Å². The molecule has 7 nitrogen and oxygen atoms in total. The molecule has 1 unspecified atom stereocenters. The number of alkyl halides is 2. The summed E-state index contributed by atoms with van der Waals surface area (Å²) in [6, 6.07) is 11.4. The average molecular weight is 476 g/mol. The molecule has 4 rings (SSSR count). The molecule has 1 aliphatic heterocycles. The highest BCUT2D eigenvalue weighted by Gasteiger charge is 2.30.